The lowest BCUT2D eigenvalue weighted by atomic mass is 9.85. The highest BCUT2D eigenvalue weighted by Crippen LogP contribution is 2.65. The van der Waals surface area contributed by atoms with Gasteiger partial charge in [0.1, 0.15) is 30.5 Å². The van der Waals surface area contributed by atoms with Crippen molar-refractivity contribution in [1.29, 1.82) is 0 Å². The summed E-state index contributed by atoms with van der Waals surface area (Å²) in [6, 6.07) is 2.27. The third-order valence-corrected chi connectivity index (χ3v) is 9.57. The van der Waals surface area contributed by atoms with Gasteiger partial charge in [-0.15, -0.1) is 6.58 Å². The Morgan fingerprint density at radius 2 is 1.67 bits per heavy atom. The Morgan fingerprint density at radius 1 is 1.04 bits per heavy atom. The van der Waals surface area contributed by atoms with Crippen molar-refractivity contribution in [3.8, 4) is 5.75 Å². The van der Waals surface area contributed by atoms with Crippen molar-refractivity contribution in [3.05, 3.63) is 42.5 Å². The van der Waals surface area contributed by atoms with E-state index >= 15 is 0 Å². The van der Waals surface area contributed by atoms with Gasteiger partial charge in [0.25, 0.3) is 5.91 Å². The first-order chi connectivity index (χ1) is 22.9. The third kappa shape index (κ3) is 9.18. The van der Waals surface area contributed by atoms with Crippen molar-refractivity contribution in [2.45, 2.75) is 92.6 Å². The summed E-state index contributed by atoms with van der Waals surface area (Å²) in [6.45, 7) is 18.6. The van der Waals surface area contributed by atoms with Gasteiger partial charge in [0.15, 0.2) is 0 Å². The van der Waals surface area contributed by atoms with Crippen molar-refractivity contribution >= 4 is 35.5 Å². The Labute approximate surface area is 289 Å². The fourth-order valence-electron chi connectivity index (χ4n) is 6.43. The van der Waals surface area contributed by atoms with E-state index in [9.17, 15) is 28.8 Å². The molecular weight excluding hydrogens is 630 g/mol. The van der Waals surface area contributed by atoms with Gasteiger partial charge in [0, 0.05) is 13.1 Å². The summed E-state index contributed by atoms with van der Waals surface area (Å²) in [5.41, 5.74) is -0.258. The summed E-state index contributed by atoms with van der Waals surface area (Å²) >= 11 is 0. The number of benzene rings is 1. The molecule has 1 aliphatic heterocycles. The Morgan fingerprint density at radius 3 is 2.20 bits per heavy atom. The van der Waals surface area contributed by atoms with Gasteiger partial charge in [-0.25, -0.2) is 9.59 Å². The number of nitrogens with one attached hydrogen (secondary N) is 4. The molecule has 270 valence electrons. The third-order valence-electron chi connectivity index (χ3n) is 9.57. The first kappa shape index (κ1) is 39.0. The van der Waals surface area contributed by atoms with Crippen LogP contribution in [-0.4, -0.2) is 84.8 Å². The van der Waals surface area contributed by atoms with E-state index in [4.69, 9.17) is 9.47 Å². The number of ether oxygens (including phenoxy) is 2. The zero-order valence-electron chi connectivity index (χ0n) is 30.2. The topological polar surface area (TPSA) is 172 Å². The molecule has 0 bridgehead atoms. The monoisotopic (exact) mass is 683 g/mol. The molecule has 0 aromatic heterocycles. The number of rotatable bonds is 15. The SMILES string of the molecule is C=CCNC(=O)C(=O)C(CC)NC(=O)[C@@H]1[C@@H]2[C@H](CN1C(=O)[C@@H](NC(=O)N[C@H](C(=O)OCc1ccc(OC)cc1)C(C)C)C(C)(C)C)C2(C)C. The lowest BCUT2D eigenvalue weighted by Crippen LogP contribution is -2.62. The highest BCUT2D eigenvalue weighted by molar-refractivity contribution is 6.38. The Kier molecular flexibility index (Phi) is 12.6. The van der Waals surface area contributed by atoms with Crippen LogP contribution in [0, 0.1) is 28.6 Å². The van der Waals surface area contributed by atoms with Gasteiger partial charge in [-0.3, -0.25) is 19.2 Å². The first-order valence-corrected chi connectivity index (χ1v) is 16.8. The van der Waals surface area contributed by atoms with Crippen LogP contribution in [-0.2, 0) is 35.3 Å². The minimum Gasteiger partial charge on any atom is -0.497 e. The maximum absolute atomic E-state index is 14.3. The lowest BCUT2D eigenvalue weighted by Gasteiger charge is -2.38. The summed E-state index contributed by atoms with van der Waals surface area (Å²) in [7, 11) is 1.56. The number of esters is 1. The van der Waals surface area contributed by atoms with E-state index in [1.807, 2.05) is 13.8 Å². The average molecular weight is 684 g/mol. The van der Waals surface area contributed by atoms with Gasteiger partial charge in [0.05, 0.1) is 13.2 Å². The molecule has 2 fully saturated rings. The van der Waals surface area contributed by atoms with Crippen LogP contribution in [0.1, 0.15) is 67.4 Å². The van der Waals surface area contributed by atoms with E-state index < -0.39 is 65.1 Å². The molecule has 0 radical (unpaired) electrons. The molecule has 1 heterocycles. The zero-order valence-corrected chi connectivity index (χ0v) is 30.2. The number of urea groups is 1. The lowest BCUT2D eigenvalue weighted by molar-refractivity contribution is -0.148. The molecule has 1 saturated carbocycles. The number of hydrogen-bond acceptors (Lipinski definition) is 8. The molecule has 13 nitrogen and oxygen atoms in total. The van der Waals surface area contributed by atoms with Crippen molar-refractivity contribution in [2.24, 2.45) is 28.6 Å². The molecule has 13 heteroatoms. The maximum atomic E-state index is 14.3. The Balaban J connectivity index is 1.74. The van der Waals surface area contributed by atoms with Crippen molar-refractivity contribution in [2.75, 3.05) is 20.2 Å². The molecule has 4 N–H and O–H groups in total. The summed E-state index contributed by atoms with van der Waals surface area (Å²) in [5.74, 6) is -3.02. The second-order valence-electron chi connectivity index (χ2n) is 14.8. The van der Waals surface area contributed by atoms with E-state index in [1.165, 1.54) is 11.0 Å². The molecule has 1 aromatic rings. The van der Waals surface area contributed by atoms with Gasteiger partial charge in [-0.1, -0.05) is 73.6 Å². The minimum absolute atomic E-state index is 0.000472. The molecule has 1 saturated heterocycles. The van der Waals surface area contributed by atoms with Crippen molar-refractivity contribution in [1.82, 2.24) is 26.2 Å². The number of fused-ring (bicyclic) bond motifs is 1. The van der Waals surface area contributed by atoms with Gasteiger partial charge in [0.2, 0.25) is 17.6 Å². The fraction of sp³-hybridized carbons (Fsp3) is 0.611. The van der Waals surface area contributed by atoms with E-state index in [0.717, 1.165) is 5.56 Å². The number of likely N-dealkylation sites (tertiary alicyclic amines) is 1. The van der Waals surface area contributed by atoms with Gasteiger partial charge in [-0.05, 0) is 52.7 Å². The van der Waals surface area contributed by atoms with Gasteiger partial charge in [-0.2, -0.15) is 0 Å². The number of hydrogen-bond donors (Lipinski definition) is 4. The molecule has 6 atom stereocenters. The number of amides is 5. The molecule has 2 aliphatic rings. The normalized spacial score (nSPS) is 20.9. The molecule has 0 spiro atoms. The Bertz CT molecular complexity index is 1420. The molecule has 1 aromatic carbocycles. The smallest absolute Gasteiger partial charge is 0.329 e. The second-order valence-corrected chi connectivity index (χ2v) is 14.8. The number of carbonyl (C=O) groups excluding carboxylic acids is 6. The molecular formula is C36H53N5O8. The minimum atomic E-state index is -1.07. The second kappa shape index (κ2) is 15.9. The number of nitrogens with zero attached hydrogens (tertiary/aromatic N) is 1. The molecule has 5 amide bonds. The number of ketones is 1. The van der Waals surface area contributed by atoms with Crippen LogP contribution in [0.25, 0.3) is 0 Å². The predicted molar refractivity (Wildman–Crippen MR) is 183 cm³/mol. The number of piperidine rings is 1. The van der Waals surface area contributed by atoms with Crippen LogP contribution in [0.2, 0.25) is 0 Å². The van der Waals surface area contributed by atoms with Crippen molar-refractivity contribution < 1.29 is 38.2 Å². The largest absolute Gasteiger partial charge is 0.497 e. The number of Topliss-reactive ketones (excluding diaryl/α,β-unsaturated/α-hetero) is 1. The van der Waals surface area contributed by atoms with E-state index in [1.54, 1.807) is 72.9 Å². The van der Waals surface area contributed by atoms with E-state index in [-0.39, 0.29) is 42.7 Å². The highest BCUT2D eigenvalue weighted by Gasteiger charge is 2.70. The fourth-order valence-corrected chi connectivity index (χ4v) is 6.43. The zero-order chi connectivity index (χ0) is 36.8. The molecule has 1 aliphatic carbocycles. The van der Waals surface area contributed by atoms with Gasteiger partial charge < -0.3 is 35.6 Å². The van der Waals surface area contributed by atoms with Crippen LogP contribution >= 0.6 is 0 Å². The van der Waals surface area contributed by atoms with Crippen LogP contribution in [0.4, 0.5) is 4.79 Å². The number of carbonyl (C=O) groups is 6. The average Bonchev–Trinajstić information content (AvgIpc) is 3.35. The van der Waals surface area contributed by atoms with Crippen molar-refractivity contribution in [3.63, 3.8) is 0 Å². The standard InChI is InChI=1S/C36H53N5O8/c1-11-17-37-31(44)28(42)24(12-2)38-30(43)27-25-23(36(25,8)9)18-41(27)32(45)29(35(5,6)7)40-34(47)39-26(20(3)4)33(46)49-19-21-13-15-22(48-10)16-14-21/h11,13-16,20,23-27,29H,1,12,17-19H2,2-10H3,(H,37,44)(H,38,43)(H2,39,40,47)/t23-,24?,25-,26-,27-,29+/m0/s1. The van der Waals surface area contributed by atoms with Gasteiger partial charge >= 0.3 is 12.0 Å². The first-order valence-electron chi connectivity index (χ1n) is 16.8. The summed E-state index contributed by atoms with van der Waals surface area (Å²) < 4.78 is 10.7. The maximum Gasteiger partial charge on any atom is 0.329 e. The molecule has 49 heavy (non-hydrogen) atoms. The molecule has 3 rings (SSSR count). The van der Waals surface area contributed by atoms with E-state index in [0.29, 0.717) is 12.3 Å². The number of methoxy groups -OCH3 is 1. The Hall–Kier alpha value is -4.42. The molecule has 1 unspecified atom stereocenters. The predicted octanol–water partition coefficient (Wildman–Crippen LogP) is 2.73. The highest BCUT2D eigenvalue weighted by atomic mass is 16.5. The summed E-state index contributed by atoms with van der Waals surface area (Å²) in [4.78, 5) is 81.2. The van der Waals surface area contributed by atoms with Crippen LogP contribution in [0.5, 0.6) is 5.75 Å². The summed E-state index contributed by atoms with van der Waals surface area (Å²) in [5, 5.41) is 10.6. The summed E-state index contributed by atoms with van der Waals surface area (Å²) in [6.07, 6.45) is 1.62. The van der Waals surface area contributed by atoms with Crippen LogP contribution < -0.4 is 26.0 Å². The quantitative estimate of drug-likeness (QED) is 0.124. The van der Waals surface area contributed by atoms with Crippen LogP contribution in [0.3, 0.4) is 0 Å². The van der Waals surface area contributed by atoms with Crippen LogP contribution in [0.15, 0.2) is 36.9 Å². The van der Waals surface area contributed by atoms with E-state index in [2.05, 4.69) is 27.8 Å².